The molecule has 1 N–H and O–H groups in total. The second-order valence-corrected chi connectivity index (χ2v) is 10.7. The van der Waals surface area contributed by atoms with Crippen LogP contribution in [0.4, 0.5) is 18.0 Å². The highest BCUT2D eigenvalue weighted by atomic mass is 19.1. The Morgan fingerprint density at radius 2 is 1.76 bits per heavy atom. The van der Waals surface area contributed by atoms with E-state index in [1.165, 1.54) is 6.07 Å². The van der Waals surface area contributed by atoms with E-state index >= 15 is 0 Å². The maximum Gasteiger partial charge on any atom is 0.494 e. The van der Waals surface area contributed by atoms with Crippen LogP contribution in [0.15, 0.2) is 12.1 Å². The van der Waals surface area contributed by atoms with Crippen molar-refractivity contribution in [2.75, 3.05) is 13.1 Å². The zero-order valence-electron chi connectivity index (χ0n) is 20.6. The first-order valence-corrected chi connectivity index (χ1v) is 11.2. The summed E-state index contributed by atoms with van der Waals surface area (Å²) in [5, 5.41) is 2.47. The molecule has 0 radical (unpaired) electrons. The molecule has 11 heteroatoms. The molecule has 3 rings (SSSR count). The quantitative estimate of drug-likeness (QED) is 0.664. The minimum atomic E-state index is -1.57. The summed E-state index contributed by atoms with van der Waals surface area (Å²) in [6.45, 7) is 10.7. The Morgan fingerprint density at radius 1 is 1.18 bits per heavy atom. The van der Waals surface area contributed by atoms with Gasteiger partial charge >= 0.3 is 13.2 Å². The standard InChI is InChI=1S/C23H32BF3N2O5/c1-21(2,3)32-20(31)29-11-17(27)18(12-29)28-19(30)14-8-13(9-16(26)15(14)10-25)24-33-22(4,5)23(6,7)34-24/h8-9,17-18H,10-12H2,1-7H3,(H,28,30)/t17-,18+/m0/s1. The average Bonchev–Trinajstić information content (AvgIpc) is 3.15. The van der Waals surface area contributed by atoms with E-state index in [1.54, 1.807) is 20.8 Å². The van der Waals surface area contributed by atoms with Crippen molar-refractivity contribution in [3.8, 4) is 0 Å². The second-order valence-electron chi connectivity index (χ2n) is 10.7. The molecule has 0 unspecified atom stereocenters. The predicted octanol–water partition coefficient (Wildman–Crippen LogP) is 3.28. The van der Waals surface area contributed by atoms with E-state index in [2.05, 4.69) is 5.32 Å². The summed E-state index contributed by atoms with van der Waals surface area (Å²) in [6, 6.07) is 1.31. The lowest BCUT2D eigenvalue weighted by atomic mass is 9.77. The lowest BCUT2D eigenvalue weighted by molar-refractivity contribution is 0.00578. The van der Waals surface area contributed by atoms with Crippen LogP contribution in [0, 0.1) is 5.82 Å². The van der Waals surface area contributed by atoms with E-state index in [0.29, 0.717) is 0 Å². The number of hydrogen-bond donors (Lipinski definition) is 1. The molecule has 0 spiro atoms. The number of carbonyl (C=O) groups is 2. The fraction of sp³-hybridized carbons (Fsp3) is 0.652. The number of benzene rings is 1. The number of hydrogen-bond acceptors (Lipinski definition) is 5. The maximum absolute atomic E-state index is 14.8. The topological polar surface area (TPSA) is 77.1 Å². The van der Waals surface area contributed by atoms with Crippen LogP contribution in [0.2, 0.25) is 0 Å². The molecule has 188 valence electrons. The lowest BCUT2D eigenvalue weighted by Crippen LogP contribution is -2.43. The fourth-order valence-electron chi connectivity index (χ4n) is 3.73. The lowest BCUT2D eigenvalue weighted by Gasteiger charge is -2.32. The molecule has 7 nitrogen and oxygen atoms in total. The molecular formula is C23H32BF3N2O5. The third-order valence-electron chi connectivity index (χ3n) is 6.34. The Balaban J connectivity index is 1.80. The summed E-state index contributed by atoms with van der Waals surface area (Å²) in [7, 11) is -0.970. The van der Waals surface area contributed by atoms with Crippen LogP contribution in [0.1, 0.15) is 64.4 Å². The summed E-state index contributed by atoms with van der Waals surface area (Å²) in [5.41, 5.74) is -2.69. The third kappa shape index (κ3) is 5.35. The molecule has 1 aromatic rings. The highest BCUT2D eigenvalue weighted by Gasteiger charge is 2.52. The number of halogens is 3. The van der Waals surface area contributed by atoms with Gasteiger partial charge in [-0.3, -0.25) is 4.79 Å². The zero-order chi connectivity index (χ0) is 25.6. The van der Waals surface area contributed by atoms with E-state index in [9.17, 15) is 22.8 Å². The minimum Gasteiger partial charge on any atom is -0.444 e. The SMILES string of the molecule is CC(C)(C)OC(=O)N1C[C@H](F)[C@H](NC(=O)c2cc(B3OC(C)(C)C(C)(C)O3)cc(F)c2CF)C1. The number of carbonyl (C=O) groups excluding carboxylic acids is 2. The summed E-state index contributed by atoms with van der Waals surface area (Å²) >= 11 is 0. The van der Waals surface area contributed by atoms with Crippen LogP contribution in [0.25, 0.3) is 0 Å². The molecule has 1 aromatic carbocycles. The number of amides is 2. The molecule has 2 aliphatic rings. The van der Waals surface area contributed by atoms with Crippen LogP contribution in [-0.2, 0) is 20.7 Å². The van der Waals surface area contributed by atoms with Gasteiger partial charge in [-0.2, -0.15) is 0 Å². The van der Waals surface area contributed by atoms with Crippen molar-refractivity contribution in [1.29, 1.82) is 0 Å². The molecule has 2 fully saturated rings. The van der Waals surface area contributed by atoms with Gasteiger partial charge in [0, 0.05) is 17.7 Å². The largest absolute Gasteiger partial charge is 0.494 e. The molecule has 2 amide bonds. The Morgan fingerprint density at radius 3 is 2.29 bits per heavy atom. The van der Waals surface area contributed by atoms with E-state index < -0.39 is 66.2 Å². The van der Waals surface area contributed by atoms with Gasteiger partial charge in [0.1, 0.15) is 24.3 Å². The first kappa shape index (κ1) is 26.3. The summed E-state index contributed by atoms with van der Waals surface area (Å²) in [5.74, 6) is -1.79. The van der Waals surface area contributed by atoms with Gasteiger partial charge in [0.15, 0.2) is 0 Å². The van der Waals surface area contributed by atoms with Gasteiger partial charge in [0.05, 0.1) is 23.8 Å². The second kappa shape index (κ2) is 9.07. The van der Waals surface area contributed by atoms with E-state index in [1.807, 2.05) is 27.7 Å². The Bertz CT molecular complexity index is 951. The molecule has 2 saturated heterocycles. The smallest absolute Gasteiger partial charge is 0.444 e. The molecule has 2 atom stereocenters. The van der Waals surface area contributed by atoms with Gasteiger partial charge in [-0.15, -0.1) is 0 Å². The number of nitrogens with zero attached hydrogens (tertiary/aromatic N) is 1. The predicted molar refractivity (Wildman–Crippen MR) is 121 cm³/mol. The molecule has 0 saturated carbocycles. The molecule has 2 heterocycles. The first-order chi connectivity index (χ1) is 15.5. The van der Waals surface area contributed by atoms with Gasteiger partial charge in [-0.05, 0) is 66.1 Å². The van der Waals surface area contributed by atoms with Crippen molar-refractivity contribution < 1.29 is 36.8 Å². The van der Waals surface area contributed by atoms with Crippen molar-refractivity contribution >= 4 is 24.6 Å². The summed E-state index contributed by atoms with van der Waals surface area (Å²) in [6.07, 6.45) is -2.27. The van der Waals surface area contributed by atoms with Gasteiger partial charge in [0.2, 0.25) is 0 Å². The highest BCUT2D eigenvalue weighted by Crippen LogP contribution is 2.36. The van der Waals surface area contributed by atoms with Crippen molar-refractivity contribution in [1.82, 2.24) is 10.2 Å². The van der Waals surface area contributed by atoms with E-state index in [4.69, 9.17) is 14.0 Å². The minimum absolute atomic E-state index is 0.133. The van der Waals surface area contributed by atoms with Crippen molar-refractivity contribution in [2.24, 2.45) is 0 Å². The van der Waals surface area contributed by atoms with E-state index in [-0.39, 0.29) is 24.1 Å². The van der Waals surface area contributed by atoms with E-state index in [0.717, 1.165) is 11.0 Å². The van der Waals surface area contributed by atoms with Crippen LogP contribution >= 0.6 is 0 Å². The summed E-state index contributed by atoms with van der Waals surface area (Å²) < 4.78 is 60.1. The average molecular weight is 484 g/mol. The molecule has 2 aliphatic heterocycles. The third-order valence-corrected chi connectivity index (χ3v) is 6.34. The molecule has 0 bridgehead atoms. The monoisotopic (exact) mass is 484 g/mol. The number of nitrogens with one attached hydrogen (secondary N) is 1. The number of rotatable bonds is 4. The van der Waals surface area contributed by atoms with Crippen molar-refractivity contribution in [3.63, 3.8) is 0 Å². The first-order valence-electron chi connectivity index (χ1n) is 11.2. The number of likely N-dealkylation sites (tertiary alicyclic amines) is 1. The fourth-order valence-corrected chi connectivity index (χ4v) is 3.73. The summed E-state index contributed by atoms with van der Waals surface area (Å²) in [4.78, 5) is 26.4. The zero-order valence-corrected chi connectivity index (χ0v) is 20.6. The van der Waals surface area contributed by atoms with Gasteiger partial charge in [0.25, 0.3) is 5.91 Å². The van der Waals surface area contributed by atoms with Crippen LogP contribution in [0.5, 0.6) is 0 Å². The van der Waals surface area contributed by atoms with Gasteiger partial charge in [-0.25, -0.2) is 18.0 Å². The molecule has 34 heavy (non-hydrogen) atoms. The van der Waals surface area contributed by atoms with Gasteiger partial charge in [-0.1, -0.05) is 0 Å². The van der Waals surface area contributed by atoms with Crippen molar-refractivity contribution in [2.45, 2.75) is 84.2 Å². The van der Waals surface area contributed by atoms with Gasteiger partial charge < -0.3 is 24.3 Å². The Hall–Kier alpha value is -2.27. The molecule has 0 aromatic heterocycles. The maximum atomic E-state index is 14.8. The molecular weight excluding hydrogens is 452 g/mol. The Kier molecular flexibility index (Phi) is 7.03. The van der Waals surface area contributed by atoms with Crippen LogP contribution in [0.3, 0.4) is 0 Å². The van der Waals surface area contributed by atoms with Crippen molar-refractivity contribution in [3.05, 3.63) is 29.1 Å². The Labute approximate surface area is 198 Å². The van der Waals surface area contributed by atoms with Crippen LogP contribution in [-0.4, -0.2) is 66.1 Å². The normalized spacial score (nSPS) is 23.8. The van der Waals surface area contributed by atoms with Crippen LogP contribution < -0.4 is 10.8 Å². The molecule has 0 aliphatic carbocycles. The number of alkyl halides is 2. The number of ether oxygens (including phenoxy) is 1. The highest BCUT2D eigenvalue weighted by molar-refractivity contribution is 6.62.